The number of carbonyl (C=O) groups is 10. The van der Waals surface area contributed by atoms with E-state index in [1.165, 1.54) is 56.4 Å². The molecule has 5 aliphatic heterocycles. The maximum absolute atomic E-state index is 15.1. The quantitative estimate of drug-likeness (QED) is 0.0552. The van der Waals surface area contributed by atoms with Crippen molar-refractivity contribution >= 4 is 59.2 Å². The first kappa shape index (κ1) is 56.0. The Morgan fingerprint density at radius 2 is 1.57 bits per heavy atom. The number of fused-ring (bicyclic) bond motifs is 8. The van der Waals surface area contributed by atoms with Crippen molar-refractivity contribution in [3.8, 4) is 5.75 Å². The number of aliphatic hydroxyl groups is 1. The zero-order valence-electron chi connectivity index (χ0n) is 42.2. The van der Waals surface area contributed by atoms with Crippen molar-refractivity contribution in [2.45, 2.75) is 108 Å². The number of epoxide rings is 1. The number of hydrogen-bond acceptors (Lipinski definition) is 16. The van der Waals surface area contributed by atoms with Crippen LogP contribution >= 0.6 is 0 Å². The van der Waals surface area contributed by atoms with E-state index in [1.54, 1.807) is 51.1 Å². The molecule has 25 heteroatoms. The summed E-state index contributed by atoms with van der Waals surface area (Å²) >= 11 is 0. The number of carbonyl (C=O) groups excluding carboxylic acids is 10. The highest BCUT2D eigenvalue weighted by molar-refractivity contribution is 6.01. The summed E-state index contributed by atoms with van der Waals surface area (Å²) < 4.78 is 23.3. The van der Waals surface area contributed by atoms with Crippen LogP contribution in [0.5, 0.6) is 5.75 Å². The zero-order valence-corrected chi connectivity index (χ0v) is 42.2. The molecule has 9 N–H and O–H groups in total. The molecule has 0 saturated carbocycles. The molecule has 8 rings (SSSR count). The van der Waals surface area contributed by atoms with Gasteiger partial charge in [0.25, 0.3) is 23.4 Å². The number of ether oxygens (including phenoxy) is 4. The molecule has 10 atom stereocenters. The van der Waals surface area contributed by atoms with Crippen LogP contribution in [-0.4, -0.2) is 153 Å². The van der Waals surface area contributed by atoms with E-state index in [-0.39, 0.29) is 36.5 Å². The van der Waals surface area contributed by atoms with Gasteiger partial charge in [-0.15, -0.1) is 0 Å². The van der Waals surface area contributed by atoms with Crippen molar-refractivity contribution < 1.29 is 77.2 Å². The molecule has 5 aliphatic rings. The fraction of sp³-hybridized carbons (Fsp3) is 0.440. The molecule has 25 nitrogen and oxygen atoms in total. The first-order valence-corrected chi connectivity index (χ1v) is 23.9. The third kappa shape index (κ3) is 13.7. The van der Waals surface area contributed by atoms with Crippen molar-refractivity contribution in [3.63, 3.8) is 0 Å². The van der Waals surface area contributed by atoms with Crippen LogP contribution in [0.15, 0.2) is 85.1 Å². The van der Waals surface area contributed by atoms with Gasteiger partial charge < -0.3 is 71.4 Å². The monoisotopic (exact) mass is 1040 g/mol. The second kappa shape index (κ2) is 23.3. The summed E-state index contributed by atoms with van der Waals surface area (Å²) in [6.45, 7) is 6.11. The Morgan fingerprint density at radius 3 is 2.20 bits per heavy atom. The van der Waals surface area contributed by atoms with Gasteiger partial charge in [0.2, 0.25) is 35.3 Å². The number of hydrogen-bond donors (Lipinski definition) is 9. The number of benzene rings is 2. The predicted octanol–water partition coefficient (Wildman–Crippen LogP) is -1.23. The van der Waals surface area contributed by atoms with Crippen molar-refractivity contribution in [1.29, 1.82) is 0 Å². The van der Waals surface area contributed by atoms with Gasteiger partial charge in [-0.3, -0.25) is 43.2 Å². The second-order valence-electron chi connectivity index (χ2n) is 18.7. The number of rotatable bonds is 8. The summed E-state index contributed by atoms with van der Waals surface area (Å²) in [4.78, 5) is 142. The zero-order chi connectivity index (χ0) is 55.0. The summed E-state index contributed by atoms with van der Waals surface area (Å²) in [6, 6.07) is 8.43. The number of nitrogens with zero attached hydrogens (tertiary/aromatic N) is 2. The van der Waals surface area contributed by atoms with Crippen molar-refractivity contribution in [2.75, 3.05) is 26.8 Å². The Labute approximate surface area is 430 Å². The van der Waals surface area contributed by atoms with Gasteiger partial charge in [0, 0.05) is 32.7 Å². The molecule has 0 aliphatic carbocycles. The van der Waals surface area contributed by atoms with E-state index in [0.717, 1.165) is 31.0 Å². The van der Waals surface area contributed by atoms with Crippen LogP contribution in [-0.2, 0) is 63.8 Å². The van der Waals surface area contributed by atoms with Gasteiger partial charge in [0.15, 0.2) is 6.04 Å². The van der Waals surface area contributed by atoms with Gasteiger partial charge in [-0.25, -0.2) is 4.79 Å². The van der Waals surface area contributed by atoms with Crippen LogP contribution in [0, 0.1) is 5.92 Å². The highest BCUT2D eigenvalue weighted by Gasteiger charge is 2.50. The third-order valence-electron chi connectivity index (χ3n) is 12.9. The standard InChI is InChI=1S/C50H61N9O16/c1-8-27(2)38-43(65)54-39-31-16-18-32(19-17-31)74-29(4)50(26-73-50)21-20-36(60)51-24-37(61)72-25-33(53-46(68)48(5,70)56-42(64)35(58(7)44(39)66)23-30-13-10-9-11-14-30)45(67)75-49(6,47(69)55-38)57-40(62)28(3)52-41(63)34-15-12-22-59(34)71/h9-22,27-29,33,35,38-39,70-71H,8,23-26H2,1-7H3,(H,51,60)(H,52,63)(H,53,68)(H,54,65)(H,55,69)(H,56,64)(H,57,62)/b21-20+. The average Bonchev–Trinajstić information content (AvgIpc) is 4.05. The lowest BCUT2D eigenvalue weighted by Gasteiger charge is -2.36. The molecule has 1 aromatic heterocycles. The Hall–Kier alpha value is -8.32. The number of aromatic nitrogens is 1. The summed E-state index contributed by atoms with van der Waals surface area (Å²) in [5, 5.41) is 38.2. The van der Waals surface area contributed by atoms with Crippen LogP contribution < -0.4 is 42.0 Å². The van der Waals surface area contributed by atoms with E-state index in [2.05, 4.69) is 37.2 Å². The smallest absolute Gasteiger partial charge is 0.334 e. The molecule has 8 amide bonds. The molecule has 4 bridgehead atoms. The maximum atomic E-state index is 15.1. The van der Waals surface area contributed by atoms with E-state index in [4.69, 9.17) is 18.9 Å². The number of esters is 2. The maximum Gasteiger partial charge on any atom is 0.334 e. The largest absolute Gasteiger partial charge is 0.487 e. The van der Waals surface area contributed by atoms with Gasteiger partial charge in [0.1, 0.15) is 60.5 Å². The van der Waals surface area contributed by atoms with Crippen molar-refractivity contribution in [3.05, 3.63) is 102 Å². The van der Waals surface area contributed by atoms with Gasteiger partial charge in [-0.05, 0) is 68.2 Å². The van der Waals surface area contributed by atoms with Gasteiger partial charge in [-0.1, -0.05) is 62.7 Å². The van der Waals surface area contributed by atoms with E-state index in [0.29, 0.717) is 10.3 Å². The summed E-state index contributed by atoms with van der Waals surface area (Å²) in [5.41, 5.74) is -6.51. The number of likely N-dealkylation sites (N-methyl/N-ethyl adjacent to an activating group) is 1. The molecule has 75 heavy (non-hydrogen) atoms. The first-order chi connectivity index (χ1) is 35.4. The molecule has 0 radical (unpaired) electrons. The lowest BCUT2D eigenvalue weighted by molar-refractivity contribution is -0.177. The number of amides is 8. The molecule has 2 saturated heterocycles. The molecule has 6 heterocycles. The molecule has 10 unspecified atom stereocenters. The van der Waals surface area contributed by atoms with Gasteiger partial charge >= 0.3 is 11.9 Å². The Bertz CT molecular complexity index is 2710. The molecule has 402 valence electrons. The van der Waals surface area contributed by atoms with Crippen LogP contribution in [0.4, 0.5) is 0 Å². The highest BCUT2D eigenvalue weighted by Crippen LogP contribution is 2.35. The van der Waals surface area contributed by atoms with Crippen molar-refractivity contribution in [2.24, 2.45) is 5.92 Å². The first-order valence-electron chi connectivity index (χ1n) is 23.9. The lowest BCUT2D eigenvalue weighted by Crippen LogP contribution is -2.67. The average molecular weight is 1040 g/mol. The van der Waals surface area contributed by atoms with Crippen LogP contribution in [0.1, 0.15) is 75.6 Å². The van der Waals surface area contributed by atoms with Gasteiger partial charge in [-0.2, -0.15) is 4.73 Å². The van der Waals surface area contributed by atoms with E-state index in [9.17, 15) is 53.5 Å². The van der Waals surface area contributed by atoms with Crippen LogP contribution in [0.25, 0.3) is 0 Å². The van der Waals surface area contributed by atoms with E-state index >= 15 is 4.79 Å². The highest BCUT2D eigenvalue weighted by atomic mass is 16.6. The van der Waals surface area contributed by atoms with Gasteiger partial charge in [0.05, 0.1) is 6.61 Å². The molecule has 1 spiro atoms. The normalized spacial score (nSPS) is 28.6. The lowest BCUT2D eigenvalue weighted by atomic mass is 9.96. The number of nitrogens with one attached hydrogen (secondary N) is 7. The summed E-state index contributed by atoms with van der Waals surface area (Å²) in [7, 11) is 1.27. The fourth-order valence-corrected chi connectivity index (χ4v) is 7.84. The minimum absolute atomic E-state index is 0.145. The molecule has 2 aromatic carbocycles. The Balaban J connectivity index is 1.50. The van der Waals surface area contributed by atoms with Crippen LogP contribution in [0.3, 0.4) is 0 Å². The fourth-order valence-electron chi connectivity index (χ4n) is 7.84. The van der Waals surface area contributed by atoms with E-state index in [1.807, 2.05) is 0 Å². The van der Waals surface area contributed by atoms with Crippen LogP contribution in [0.2, 0.25) is 0 Å². The molecular formula is C50H61N9O16. The van der Waals surface area contributed by atoms with E-state index < -0.39 is 132 Å². The third-order valence-corrected chi connectivity index (χ3v) is 12.9. The topological polar surface area (TPSA) is 344 Å². The SMILES string of the molecule is CCC(C)C1NC(=O)C(C)(NC(=O)C(C)NC(=O)c2cccn2O)OC(=O)C2COC(=O)CNC(=O)/C=C/C3(CO3)C(C)Oc3ccc(cc3)C(NC1=O)C(=O)N(C)C(Cc1ccccc1)C(=O)NC(C)(O)C(=O)N2. The second-order valence-corrected chi connectivity index (χ2v) is 18.7. The molecular weight excluding hydrogens is 983 g/mol. The minimum Gasteiger partial charge on any atom is -0.487 e. The Morgan fingerprint density at radius 1 is 0.893 bits per heavy atom. The molecule has 2 fully saturated rings. The summed E-state index contributed by atoms with van der Waals surface area (Å²) in [5.74, 6) is -12.0. The Kier molecular flexibility index (Phi) is 17.4. The minimum atomic E-state index is -2.94. The predicted molar refractivity (Wildman–Crippen MR) is 259 cm³/mol. The van der Waals surface area contributed by atoms with Crippen molar-refractivity contribution in [1.82, 2.24) is 46.8 Å². The summed E-state index contributed by atoms with van der Waals surface area (Å²) in [6.07, 6.45) is 2.98. The molecule has 3 aromatic rings.